The van der Waals surface area contributed by atoms with E-state index in [1.807, 2.05) is 54.6 Å². The van der Waals surface area contributed by atoms with Gasteiger partial charge in [0.15, 0.2) is 17.7 Å². The van der Waals surface area contributed by atoms with Crippen molar-refractivity contribution in [1.82, 2.24) is 14.8 Å². The lowest BCUT2D eigenvalue weighted by atomic mass is 10.0. The summed E-state index contributed by atoms with van der Waals surface area (Å²) in [5.74, 6) is 0.565. The van der Waals surface area contributed by atoms with Crippen molar-refractivity contribution in [3.63, 3.8) is 0 Å². The number of rotatable bonds is 8. The average molecular weight is 473 g/mol. The first kappa shape index (κ1) is 23.9. The van der Waals surface area contributed by atoms with Gasteiger partial charge in [0.1, 0.15) is 11.3 Å². The number of carbonyl (C=O) groups excluding carboxylic acids is 2. The lowest BCUT2D eigenvalue weighted by molar-refractivity contribution is -0.122. The monoisotopic (exact) mass is 472 g/mol. The van der Waals surface area contributed by atoms with Crippen LogP contribution in [0.2, 0.25) is 0 Å². The molecule has 0 saturated carbocycles. The summed E-state index contributed by atoms with van der Waals surface area (Å²) in [6.45, 7) is 7.77. The van der Waals surface area contributed by atoms with Gasteiger partial charge in [0.2, 0.25) is 0 Å². The molecule has 2 aromatic heterocycles. The molecular weight excluding hydrogens is 444 g/mol. The fourth-order valence-corrected chi connectivity index (χ4v) is 3.58. The minimum absolute atomic E-state index is 0.128. The van der Waals surface area contributed by atoms with Gasteiger partial charge in [-0.1, -0.05) is 44.2 Å². The minimum atomic E-state index is -0.831. The van der Waals surface area contributed by atoms with Crippen molar-refractivity contribution in [3.05, 3.63) is 78.0 Å². The predicted molar refractivity (Wildman–Crippen MR) is 134 cm³/mol. The number of aromatic nitrogens is 3. The zero-order valence-corrected chi connectivity index (χ0v) is 20.2. The number of hydrogen-bond donors (Lipinski definition) is 1. The smallest absolute Gasteiger partial charge is 0.343 e. The van der Waals surface area contributed by atoms with E-state index in [0.717, 1.165) is 10.9 Å². The molecule has 0 aliphatic heterocycles. The molecule has 1 unspecified atom stereocenters. The zero-order chi connectivity index (χ0) is 24.9. The quantitative estimate of drug-likeness (QED) is 0.357. The fraction of sp³-hybridized carbons (Fsp3) is 0.259. The van der Waals surface area contributed by atoms with E-state index >= 15 is 0 Å². The summed E-state index contributed by atoms with van der Waals surface area (Å²) in [6, 6.07) is 19.0. The predicted octanol–water partition coefficient (Wildman–Crippen LogP) is 5.13. The summed E-state index contributed by atoms with van der Waals surface area (Å²) in [6.07, 6.45) is 0.531. The Morgan fingerprint density at radius 1 is 1.00 bits per heavy atom. The van der Waals surface area contributed by atoms with E-state index in [2.05, 4.69) is 29.2 Å². The van der Waals surface area contributed by atoms with Gasteiger partial charge >= 0.3 is 5.97 Å². The van der Waals surface area contributed by atoms with Crippen LogP contribution in [0.25, 0.3) is 16.7 Å². The summed E-state index contributed by atoms with van der Waals surface area (Å²) in [4.78, 5) is 30.3. The van der Waals surface area contributed by atoms with E-state index in [-0.39, 0.29) is 18.0 Å². The lowest BCUT2D eigenvalue weighted by Crippen LogP contribution is -2.31. The third-order valence-electron chi connectivity index (χ3n) is 5.54. The van der Waals surface area contributed by atoms with E-state index in [4.69, 9.17) is 9.47 Å². The summed E-state index contributed by atoms with van der Waals surface area (Å²) in [7, 11) is 0. The first-order valence-corrected chi connectivity index (χ1v) is 11.6. The molecule has 0 radical (unpaired) electrons. The van der Waals surface area contributed by atoms with Crippen LogP contribution in [0.1, 0.15) is 49.5 Å². The number of fused-ring (bicyclic) bond motifs is 1. The number of nitrogens with one attached hydrogen (secondary N) is 1. The van der Waals surface area contributed by atoms with E-state index < -0.39 is 18.0 Å². The van der Waals surface area contributed by atoms with Gasteiger partial charge in [0.25, 0.3) is 5.91 Å². The molecule has 2 heterocycles. The van der Waals surface area contributed by atoms with Gasteiger partial charge in [-0.25, -0.2) is 9.78 Å². The number of hydrogen-bond acceptors (Lipinski definition) is 6. The average Bonchev–Trinajstić information content (AvgIpc) is 3.27. The van der Waals surface area contributed by atoms with E-state index in [1.165, 1.54) is 16.4 Å². The van der Waals surface area contributed by atoms with Crippen molar-refractivity contribution in [2.45, 2.75) is 39.7 Å². The number of pyridine rings is 1. The van der Waals surface area contributed by atoms with Crippen LogP contribution in [0.4, 0.5) is 5.82 Å². The Morgan fingerprint density at radius 2 is 1.74 bits per heavy atom. The molecule has 0 saturated heterocycles. The number of esters is 1. The molecule has 0 aliphatic carbocycles. The van der Waals surface area contributed by atoms with E-state index in [1.54, 1.807) is 19.9 Å². The maximum absolute atomic E-state index is 13.1. The van der Waals surface area contributed by atoms with Crippen molar-refractivity contribution in [1.29, 1.82) is 0 Å². The van der Waals surface area contributed by atoms with Crippen LogP contribution in [0, 0.1) is 0 Å². The lowest BCUT2D eigenvalue weighted by Gasteiger charge is -2.17. The van der Waals surface area contributed by atoms with Gasteiger partial charge in [0, 0.05) is 5.39 Å². The van der Waals surface area contributed by atoms with Gasteiger partial charge < -0.3 is 14.8 Å². The van der Waals surface area contributed by atoms with Crippen molar-refractivity contribution in [2.75, 3.05) is 11.9 Å². The third-order valence-corrected chi connectivity index (χ3v) is 5.54. The Hall–Kier alpha value is -4.20. The van der Waals surface area contributed by atoms with Crippen molar-refractivity contribution >= 4 is 28.6 Å². The summed E-state index contributed by atoms with van der Waals surface area (Å²) < 4.78 is 12.4. The van der Waals surface area contributed by atoms with Gasteiger partial charge in [0.05, 0.1) is 18.3 Å². The molecular formula is C27H28N4O4. The second-order valence-corrected chi connectivity index (χ2v) is 8.37. The molecule has 180 valence electrons. The topological polar surface area (TPSA) is 95.3 Å². The molecule has 8 heteroatoms. The minimum Gasteiger partial charge on any atom is -0.481 e. The molecule has 0 bridgehead atoms. The number of nitrogens with zero attached hydrogens (tertiary/aromatic N) is 3. The molecule has 35 heavy (non-hydrogen) atoms. The first-order valence-electron chi connectivity index (χ1n) is 11.6. The molecule has 2 aromatic carbocycles. The van der Waals surface area contributed by atoms with Crippen molar-refractivity contribution in [2.24, 2.45) is 0 Å². The maximum Gasteiger partial charge on any atom is 0.343 e. The van der Waals surface area contributed by atoms with Gasteiger partial charge in [-0.15, -0.1) is 0 Å². The normalized spacial score (nSPS) is 11.9. The molecule has 1 amide bonds. The van der Waals surface area contributed by atoms with Crippen LogP contribution < -0.4 is 10.1 Å². The molecule has 0 fully saturated rings. The molecule has 0 spiro atoms. The van der Waals surface area contributed by atoms with E-state index in [9.17, 15) is 9.59 Å². The van der Waals surface area contributed by atoms with Crippen LogP contribution in [0.5, 0.6) is 5.75 Å². The number of anilines is 1. The Balaban J connectivity index is 1.61. The second kappa shape index (κ2) is 10.4. The van der Waals surface area contributed by atoms with Crippen LogP contribution in [-0.4, -0.2) is 39.4 Å². The summed E-state index contributed by atoms with van der Waals surface area (Å²) in [5, 5.41) is 8.07. The number of ether oxygens (including phenoxy) is 2. The highest BCUT2D eigenvalue weighted by atomic mass is 16.5. The Morgan fingerprint density at radius 3 is 2.46 bits per heavy atom. The number of para-hydroxylation sites is 1. The summed E-state index contributed by atoms with van der Waals surface area (Å²) in [5.41, 5.74) is 2.07. The SMILES string of the molecule is CCOC(=O)c1cnn(-c2ccc3ccccc3n2)c1NC(=O)C(C)Oc1ccc(C(C)C)cc1. The highest BCUT2D eigenvalue weighted by Crippen LogP contribution is 2.24. The van der Waals surface area contributed by atoms with Gasteiger partial charge in [-0.3, -0.25) is 4.79 Å². The zero-order valence-electron chi connectivity index (χ0n) is 20.2. The van der Waals surface area contributed by atoms with Crippen LogP contribution in [-0.2, 0) is 9.53 Å². The summed E-state index contributed by atoms with van der Waals surface area (Å²) >= 11 is 0. The Bertz CT molecular complexity index is 1350. The van der Waals surface area contributed by atoms with Crippen molar-refractivity contribution in [3.8, 4) is 11.6 Å². The third kappa shape index (κ3) is 5.32. The number of carbonyl (C=O) groups is 2. The molecule has 4 rings (SSSR count). The second-order valence-electron chi connectivity index (χ2n) is 8.37. The fourth-order valence-electron chi connectivity index (χ4n) is 3.58. The van der Waals surface area contributed by atoms with Crippen LogP contribution in [0.3, 0.4) is 0 Å². The molecule has 0 aliphatic rings. The molecule has 8 nitrogen and oxygen atoms in total. The Kier molecular flexibility index (Phi) is 7.10. The Labute approximate surface area is 203 Å². The van der Waals surface area contributed by atoms with E-state index in [0.29, 0.717) is 17.5 Å². The number of benzene rings is 2. The molecule has 4 aromatic rings. The first-order chi connectivity index (χ1) is 16.9. The van der Waals surface area contributed by atoms with Crippen LogP contribution in [0.15, 0.2) is 66.9 Å². The van der Waals surface area contributed by atoms with Crippen molar-refractivity contribution < 1.29 is 19.1 Å². The highest BCUT2D eigenvalue weighted by molar-refractivity contribution is 6.01. The maximum atomic E-state index is 13.1. The standard InChI is InChI=1S/C27H28N4O4/c1-5-34-27(33)22-16-28-31(24-15-12-20-8-6-7-9-23(20)29-24)25(22)30-26(32)18(4)35-21-13-10-19(11-14-21)17(2)3/h6-18H,5H2,1-4H3,(H,30,32). The van der Waals surface area contributed by atoms with Crippen LogP contribution >= 0.6 is 0 Å². The number of amides is 1. The van der Waals surface area contributed by atoms with Gasteiger partial charge in [-0.05, 0) is 55.7 Å². The molecule has 1 atom stereocenters. The molecule has 1 N–H and O–H groups in total. The largest absolute Gasteiger partial charge is 0.481 e. The highest BCUT2D eigenvalue weighted by Gasteiger charge is 2.25. The van der Waals surface area contributed by atoms with Gasteiger partial charge in [-0.2, -0.15) is 9.78 Å².